The molecule has 4 N–H and O–H groups in total. The normalized spacial score (nSPS) is 14.9. The lowest BCUT2D eigenvalue weighted by molar-refractivity contribution is -0.170. The van der Waals surface area contributed by atoms with Crippen LogP contribution in [-0.4, -0.2) is 81.5 Å². The second kappa shape index (κ2) is 14.1. The zero-order valence-electron chi connectivity index (χ0n) is 21.4. The SMILES string of the molecule is C(/C=C/c1ccccc1)=Nc1cc2c(cc1CCN1CCCC1)OCO2.O=C(O)CC(O)(CC(=O)O)C(=O)O. The number of carbonyl (C=O) groups is 3. The van der Waals surface area contributed by atoms with Gasteiger partial charge in [0, 0.05) is 18.8 Å². The summed E-state index contributed by atoms with van der Waals surface area (Å²) in [6, 6.07) is 14.3. The first-order valence-electron chi connectivity index (χ1n) is 12.5. The van der Waals surface area contributed by atoms with Gasteiger partial charge in [-0.25, -0.2) is 4.79 Å². The minimum atomic E-state index is -2.74. The molecule has 0 amide bonds. The van der Waals surface area contributed by atoms with Crippen molar-refractivity contribution in [3.8, 4) is 11.5 Å². The third kappa shape index (κ3) is 9.24. The Bertz CT molecular complexity index is 1190. The molecule has 2 aromatic carbocycles. The number of ether oxygens (including phenoxy) is 2. The van der Waals surface area contributed by atoms with Gasteiger partial charge in [-0.1, -0.05) is 36.4 Å². The van der Waals surface area contributed by atoms with Crippen LogP contribution in [-0.2, 0) is 20.8 Å². The average molecular weight is 541 g/mol. The number of benzene rings is 2. The summed E-state index contributed by atoms with van der Waals surface area (Å²) in [5, 5.41) is 33.8. The van der Waals surface area contributed by atoms with E-state index in [0.717, 1.165) is 30.2 Å². The number of hydrogen-bond donors (Lipinski definition) is 4. The highest BCUT2D eigenvalue weighted by Gasteiger charge is 2.40. The van der Waals surface area contributed by atoms with E-state index in [1.807, 2.05) is 36.6 Å². The Morgan fingerprint density at radius 1 is 0.949 bits per heavy atom. The van der Waals surface area contributed by atoms with Crippen LogP contribution in [0.3, 0.4) is 0 Å². The van der Waals surface area contributed by atoms with E-state index in [0.29, 0.717) is 6.79 Å². The van der Waals surface area contributed by atoms with Crippen LogP contribution in [0.1, 0.15) is 36.8 Å². The quantitative estimate of drug-likeness (QED) is 0.311. The molecule has 0 atom stereocenters. The topological polar surface area (TPSA) is 166 Å². The summed E-state index contributed by atoms with van der Waals surface area (Å²) in [6.45, 7) is 3.79. The van der Waals surface area contributed by atoms with E-state index in [4.69, 9.17) is 29.9 Å². The first kappa shape index (κ1) is 29.3. The minimum absolute atomic E-state index is 0.294. The van der Waals surface area contributed by atoms with E-state index in [2.05, 4.69) is 34.2 Å². The number of carboxylic acids is 3. The summed E-state index contributed by atoms with van der Waals surface area (Å²) in [7, 11) is 0. The maximum atomic E-state index is 10.3. The van der Waals surface area contributed by atoms with Gasteiger partial charge in [-0.3, -0.25) is 14.6 Å². The number of hydrogen-bond acceptors (Lipinski definition) is 8. The number of nitrogens with zero attached hydrogens (tertiary/aromatic N) is 2. The smallest absolute Gasteiger partial charge is 0.336 e. The molecule has 1 saturated heterocycles. The number of carboxylic acid groups (broad SMARTS) is 3. The van der Waals surface area contributed by atoms with Gasteiger partial charge in [0.25, 0.3) is 0 Å². The number of aliphatic imine (C=N–C) groups is 1. The van der Waals surface area contributed by atoms with Gasteiger partial charge in [-0.05, 0) is 55.6 Å². The first-order valence-corrected chi connectivity index (χ1v) is 12.5. The molecular formula is C28H32N2O9. The molecule has 0 radical (unpaired) electrons. The van der Waals surface area contributed by atoms with Crippen molar-refractivity contribution < 1.29 is 44.3 Å². The van der Waals surface area contributed by atoms with Crippen molar-refractivity contribution in [1.82, 2.24) is 4.90 Å². The minimum Gasteiger partial charge on any atom is -0.481 e. The molecule has 0 aliphatic carbocycles. The van der Waals surface area contributed by atoms with Gasteiger partial charge in [0.2, 0.25) is 6.79 Å². The molecule has 11 heteroatoms. The van der Waals surface area contributed by atoms with Crippen LogP contribution in [0.4, 0.5) is 5.69 Å². The number of fused-ring (bicyclic) bond motifs is 1. The molecule has 0 unspecified atom stereocenters. The van der Waals surface area contributed by atoms with E-state index in [-0.39, 0.29) is 0 Å². The molecule has 0 aromatic heterocycles. The van der Waals surface area contributed by atoms with Crippen molar-refractivity contribution in [2.24, 2.45) is 4.99 Å². The lowest BCUT2D eigenvalue weighted by Crippen LogP contribution is -2.42. The summed E-state index contributed by atoms with van der Waals surface area (Å²) < 4.78 is 11.1. The van der Waals surface area contributed by atoms with Crippen LogP contribution < -0.4 is 9.47 Å². The Hall–Kier alpha value is -4.22. The van der Waals surface area contributed by atoms with Gasteiger partial charge in [-0.2, -0.15) is 0 Å². The van der Waals surface area contributed by atoms with Gasteiger partial charge in [0.05, 0.1) is 18.5 Å². The van der Waals surface area contributed by atoms with Crippen LogP contribution in [0, 0.1) is 0 Å². The third-order valence-corrected chi connectivity index (χ3v) is 6.14. The van der Waals surface area contributed by atoms with Crippen LogP contribution in [0.15, 0.2) is 53.5 Å². The van der Waals surface area contributed by atoms with E-state index in [1.165, 1.54) is 37.1 Å². The van der Waals surface area contributed by atoms with Crippen molar-refractivity contribution >= 4 is 35.9 Å². The second-order valence-electron chi connectivity index (χ2n) is 9.16. The van der Waals surface area contributed by atoms with E-state index in [1.54, 1.807) is 0 Å². The zero-order valence-corrected chi connectivity index (χ0v) is 21.4. The van der Waals surface area contributed by atoms with Gasteiger partial charge >= 0.3 is 17.9 Å². The molecule has 208 valence electrons. The monoisotopic (exact) mass is 540 g/mol. The van der Waals surface area contributed by atoms with Gasteiger partial charge in [0.15, 0.2) is 17.1 Å². The standard InChI is InChI=1S/C22H24N2O2.C6H8O7/c1-2-7-18(8-3-1)9-6-11-23-20-16-22-21(25-17-26-22)15-19(20)10-14-24-12-4-5-13-24;7-3(8)1-6(13,5(11)12)2-4(9)10/h1-3,6-9,11,15-16H,4-5,10,12-14,17H2;13H,1-2H2,(H,7,8)(H,9,10)(H,11,12)/b9-6+,23-11?;. The maximum Gasteiger partial charge on any atom is 0.336 e. The van der Waals surface area contributed by atoms with Gasteiger partial charge < -0.3 is 34.8 Å². The zero-order chi connectivity index (χ0) is 28.3. The van der Waals surface area contributed by atoms with Crippen LogP contribution >= 0.6 is 0 Å². The Kier molecular flexibility index (Phi) is 10.6. The van der Waals surface area contributed by atoms with Gasteiger partial charge in [-0.15, -0.1) is 0 Å². The van der Waals surface area contributed by atoms with E-state index < -0.39 is 36.4 Å². The Labute approximate surface area is 225 Å². The van der Waals surface area contributed by atoms with Crippen molar-refractivity contribution in [3.63, 3.8) is 0 Å². The molecule has 1 fully saturated rings. The molecule has 0 spiro atoms. The van der Waals surface area contributed by atoms with Crippen molar-refractivity contribution in [1.29, 1.82) is 0 Å². The molecule has 0 saturated carbocycles. The molecular weight excluding hydrogens is 508 g/mol. The molecule has 11 nitrogen and oxygen atoms in total. The molecule has 2 aliphatic rings. The summed E-state index contributed by atoms with van der Waals surface area (Å²) in [5.41, 5.74) is 0.605. The molecule has 4 rings (SSSR count). The fraction of sp³-hybridized carbons (Fsp3) is 0.357. The van der Waals surface area contributed by atoms with E-state index in [9.17, 15) is 14.4 Å². The first-order chi connectivity index (χ1) is 18.7. The Morgan fingerprint density at radius 3 is 2.15 bits per heavy atom. The van der Waals surface area contributed by atoms with Crippen molar-refractivity contribution in [2.45, 2.75) is 37.7 Å². The highest BCUT2D eigenvalue weighted by Crippen LogP contribution is 2.38. The van der Waals surface area contributed by atoms with Crippen LogP contribution in [0.25, 0.3) is 6.08 Å². The van der Waals surface area contributed by atoms with Crippen LogP contribution in [0.2, 0.25) is 0 Å². The summed E-state index contributed by atoms with van der Waals surface area (Å²) in [6.07, 6.45) is 7.20. The number of likely N-dealkylation sites (tertiary alicyclic amines) is 1. The van der Waals surface area contributed by atoms with Crippen molar-refractivity contribution in [2.75, 3.05) is 26.4 Å². The number of rotatable bonds is 11. The molecule has 2 aromatic rings. The lowest BCUT2D eigenvalue weighted by Gasteiger charge is -2.18. The largest absolute Gasteiger partial charge is 0.481 e. The predicted molar refractivity (Wildman–Crippen MR) is 143 cm³/mol. The average Bonchev–Trinajstić information content (AvgIpc) is 3.57. The number of aliphatic hydroxyl groups is 1. The second-order valence-corrected chi connectivity index (χ2v) is 9.16. The van der Waals surface area contributed by atoms with E-state index >= 15 is 0 Å². The van der Waals surface area contributed by atoms with Gasteiger partial charge in [0.1, 0.15) is 0 Å². The third-order valence-electron chi connectivity index (χ3n) is 6.14. The number of aliphatic carboxylic acids is 3. The highest BCUT2D eigenvalue weighted by molar-refractivity contribution is 5.88. The molecule has 0 bridgehead atoms. The molecule has 2 heterocycles. The number of allylic oxidation sites excluding steroid dienone is 1. The fourth-order valence-corrected chi connectivity index (χ4v) is 4.13. The summed E-state index contributed by atoms with van der Waals surface area (Å²) in [4.78, 5) is 37.7. The summed E-state index contributed by atoms with van der Waals surface area (Å²) in [5.74, 6) is -3.40. The molecule has 39 heavy (non-hydrogen) atoms. The predicted octanol–water partition coefficient (Wildman–Crippen LogP) is 3.22. The van der Waals surface area contributed by atoms with Crippen molar-refractivity contribution in [3.05, 3.63) is 59.7 Å². The Balaban J connectivity index is 0.000000276. The summed E-state index contributed by atoms with van der Waals surface area (Å²) >= 11 is 0. The van der Waals surface area contributed by atoms with Crippen LogP contribution in [0.5, 0.6) is 11.5 Å². The molecule has 2 aliphatic heterocycles. The highest BCUT2D eigenvalue weighted by atomic mass is 16.7. The maximum absolute atomic E-state index is 10.3. The lowest BCUT2D eigenvalue weighted by atomic mass is 9.96. The Morgan fingerprint density at radius 2 is 1.56 bits per heavy atom. The fourth-order valence-electron chi connectivity index (χ4n) is 4.13.